The molecule has 0 radical (unpaired) electrons. The molecule has 14 heavy (non-hydrogen) atoms. The topological polar surface area (TPSA) is 17.1 Å². The number of Topliss-reactive ketones (excluding diaryl/α,β-unsaturated/α-hetero) is 1. The Morgan fingerprint density at radius 3 is 2.57 bits per heavy atom. The third-order valence-electron chi connectivity index (χ3n) is 4.05. The Morgan fingerprint density at radius 2 is 1.79 bits per heavy atom. The summed E-state index contributed by atoms with van der Waals surface area (Å²) in [5, 5.41) is 0. The van der Waals surface area contributed by atoms with Gasteiger partial charge in [-0.05, 0) is 45.4 Å². The highest BCUT2D eigenvalue weighted by Crippen LogP contribution is 2.39. The van der Waals surface area contributed by atoms with Crippen LogP contribution < -0.4 is 0 Å². The number of fused-ring (bicyclic) bond motifs is 1. The van der Waals surface area contributed by atoms with Gasteiger partial charge in [-0.2, -0.15) is 0 Å². The van der Waals surface area contributed by atoms with Crippen LogP contribution in [-0.4, -0.2) is 5.78 Å². The molecule has 0 spiro atoms. The summed E-state index contributed by atoms with van der Waals surface area (Å²) in [7, 11) is 0. The molecule has 0 aromatic rings. The van der Waals surface area contributed by atoms with E-state index >= 15 is 0 Å². The molecule has 2 aliphatic carbocycles. The first-order valence-electron chi connectivity index (χ1n) is 5.86. The van der Waals surface area contributed by atoms with Crippen LogP contribution in [0, 0.1) is 11.8 Å². The molecule has 0 unspecified atom stereocenters. The first-order chi connectivity index (χ1) is 6.68. The lowest BCUT2D eigenvalue weighted by Gasteiger charge is -2.30. The van der Waals surface area contributed by atoms with Gasteiger partial charge in [-0.25, -0.2) is 0 Å². The van der Waals surface area contributed by atoms with Gasteiger partial charge in [0, 0.05) is 12.3 Å². The Morgan fingerprint density at radius 1 is 1.07 bits per heavy atom. The van der Waals surface area contributed by atoms with Crippen LogP contribution in [-0.2, 0) is 4.79 Å². The summed E-state index contributed by atoms with van der Waals surface area (Å²) in [4.78, 5) is 11.9. The molecule has 1 fully saturated rings. The molecule has 0 saturated heterocycles. The first kappa shape index (κ1) is 9.95. The fourth-order valence-electron chi connectivity index (χ4n) is 2.95. The van der Waals surface area contributed by atoms with Gasteiger partial charge in [-0.15, -0.1) is 0 Å². The predicted octanol–water partition coefficient (Wildman–Crippen LogP) is 3.49. The Balaban J connectivity index is 2.20. The molecule has 1 nitrogen and oxygen atoms in total. The Kier molecular flexibility index (Phi) is 2.76. The maximum absolute atomic E-state index is 11.9. The van der Waals surface area contributed by atoms with Crippen LogP contribution >= 0.6 is 0 Å². The number of ketones is 1. The van der Waals surface area contributed by atoms with Crippen molar-refractivity contribution in [1.82, 2.24) is 0 Å². The second kappa shape index (κ2) is 3.88. The maximum Gasteiger partial charge on any atom is 0.136 e. The van der Waals surface area contributed by atoms with Crippen molar-refractivity contribution in [1.29, 1.82) is 0 Å². The summed E-state index contributed by atoms with van der Waals surface area (Å²) in [6.45, 7) is 4.44. The molecule has 0 bridgehead atoms. The molecule has 2 rings (SSSR count). The highest BCUT2D eigenvalue weighted by Gasteiger charge is 2.33. The lowest BCUT2D eigenvalue weighted by molar-refractivity contribution is -0.124. The predicted molar refractivity (Wildman–Crippen MR) is 58.1 cm³/mol. The van der Waals surface area contributed by atoms with Crippen molar-refractivity contribution in [2.24, 2.45) is 11.8 Å². The van der Waals surface area contributed by atoms with Gasteiger partial charge in [0.1, 0.15) is 5.78 Å². The van der Waals surface area contributed by atoms with Gasteiger partial charge in [0.25, 0.3) is 0 Å². The molecule has 78 valence electrons. The van der Waals surface area contributed by atoms with Gasteiger partial charge in [-0.3, -0.25) is 4.79 Å². The smallest absolute Gasteiger partial charge is 0.136 e. The Hall–Kier alpha value is -0.590. The van der Waals surface area contributed by atoms with Crippen molar-refractivity contribution in [2.45, 2.75) is 52.4 Å². The van der Waals surface area contributed by atoms with E-state index < -0.39 is 0 Å². The average molecular weight is 192 g/mol. The van der Waals surface area contributed by atoms with Crippen LogP contribution in [0.2, 0.25) is 0 Å². The van der Waals surface area contributed by atoms with Crippen molar-refractivity contribution >= 4 is 5.78 Å². The normalized spacial score (nSPS) is 34.0. The van der Waals surface area contributed by atoms with Crippen molar-refractivity contribution in [3.63, 3.8) is 0 Å². The highest BCUT2D eigenvalue weighted by molar-refractivity contribution is 5.82. The Bertz CT molecular complexity index is 275. The second-order valence-corrected chi connectivity index (χ2v) is 5.05. The van der Waals surface area contributed by atoms with E-state index in [1.807, 2.05) is 0 Å². The quantitative estimate of drug-likeness (QED) is 0.537. The summed E-state index contributed by atoms with van der Waals surface area (Å²) in [6, 6.07) is 0. The number of rotatable bonds is 0. The molecule has 0 aliphatic heterocycles. The largest absolute Gasteiger partial charge is 0.299 e. The first-order valence-corrected chi connectivity index (χ1v) is 5.86. The standard InChI is InChI=1S/C13H20O/c1-9-7-11-5-3-4-6-13(14)12(11)8-10(9)2/h11-12H,3-8H2,1-2H3/t11-,12+/m1/s1. The van der Waals surface area contributed by atoms with Crippen molar-refractivity contribution < 1.29 is 4.79 Å². The van der Waals surface area contributed by atoms with E-state index in [0.29, 0.717) is 17.6 Å². The fraction of sp³-hybridized carbons (Fsp3) is 0.769. The van der Waals surface area contributed by atoms with Crippen LogP contribution in [0.5, 0.6) is 0 Å². The molecular weight excluding hydrogens is 172 g/mol. The number of carbonyl (C=O) groups excluding carboxylic acids is 1. The van der Waals surface area contributed by atoms with E-state index in [9.17, 15) is 4.79 Å². The zero-order chi connectivity index (χ0) is 10.1. The molecule has 2 atom stereocenters. The second-order valence-electron chi connectivity index (χ2n) is 5.05. The molecule has 1 heteroatoms. The molecule has 0 N–H and O–H groups in total. The molecule has 2 aliphatic rings. The summed E-state index contributed by atoms with van der Waals surface area (Å²) in [5.41, 5.74) is 3.02. The minimum atomic E-state index is 0.376. The van der Waals surface area contributed by atoms with E-state index in [0.717, 1.165) is 19.3 Å². The summed E-state index contributed by atoms with van der Waals surface area (Å²) >= 11 is 0. The summed E-state index contributed by atoms with van der Waals surface area (Å²) in [5.74, 6) is 1.59. The third-order valence-corrected chi connectivity index (χ3v) is 4.05. The van der Waals surface area contributed by atoms with E-state index in [1.54, 1.807) is 5.57 Å². The van der Waals surface area contributed by atoms with Crippen molar-refractivity contribution in [3.8, 4) is 0 Å². The van der Waals surface area contributed by atoms with Crippen LogP contribution in [0.15, 0.2) is 11.1 Å². The molecule has 0 aromatic carbocycles. The fourth-order valence-corrected chi connectivity index (χ4v) is 2.95. The van der Waals surface area contributed by atoms with E-state index in [4.69, 9.17) is 0 Å². The van der Waals surface area contributed by atoms with Gasteiger partial charge < -0.3 is 0 Å². The molecule has 0 heterocycles. The van der Waals surface area contributed by atoms with Crippen LogP contribution in [0.3, 0.4) is 0 Å². The zero-order valence-corrected chi connectivity index (χ0v) is 9.31. The lowest BCUT2D eigenvalue weighted by atomic mass is 9.74. The summed E-state index contributed by atoms with van der Waals surface area (Å²) in [6.07, 6.45) is 6.75. The molecule has 1 saturated carbocycles. The maximum atomic E-state index is 11.9. The lowest BCUT2D eigenvalue weighted by Crippen LogP contribution is -2.26. The molecule has 0 amide bonds. The average Bonchev–Trinajstić information content (AvgIpc) is 2.31. The van der Waals surface area contributed by atoms with Crippen molar-refractivity contribution in [3.05, 3.63) is 11.1 Å². The molecular formula is C13H20O. The monoisotopic (exact) mass is 192 g/mol. The minimum Gasteiger partial charge on any atom is -0.299 e. The summed E-state index contributed by atoms with van der Waals surface area (Å²) < 4.78 is 0. The minimum absolute atomic E-state index is 0.376. The number of allylic oxidation sites excluding steroid dienone is 2. The van der Waals surface area contributed by atoms with Crippen LogP contribution in [0.25, 0.3) is 0 Å². The number of carbonyl (C=O) groups is 1. The Labute approximate surface area is 86.6 Å². The van der Waals surface area contributed by atoms with Gasteiger partial charge in [-0.1, -0.05) is 17.6 Å². The van der Waals surface area contributed by atoms with Crippen LogP contribution in [0.4, 0.5) is 0 Å². The van der Waals surface area contributed by atoms with Gasteiger partial charge in [0.15, 0.2) is 0 Å². The number of hydrogen-bond donors (Lipinski definition) is 0. The van der Waals surface area contributed by atoms with Gasteiger partial charge in [0.05, 0.1) is 0 Å². The molecule has 0 aromatic heterocycles. The number of hydrogen-bond acceptors (Lipinski definition) is 1. The van der Waals surface area contributed by atoms with E-state index in [2.05, 4.69) is 13.8 Å². The van der Waals surface area contributed by atoms with Gasteiger partial charge in [0.2, 0.25) is 0 Å². The van der Waals surface area contributed by atoms with E-state index in [1.165, 1.54) is 24.8 Å². The highest BCUT2D eigenvalue weighted by atomic mass is 16.1. The van der Waals surface area contributed by atoms with Crippen LogP contribution in [0.1, 0.15) is 52.4 Å². The van der Waals surface area contributed by atoms with Crippen molar-refractivity contribution in [2.75, 3.05) is 0 Å². The SMILES string of the molecule is CC1=C(C)C[C@@H]2C(=O)CCCC[C@@H]2C1. The third kappa shape index (κ3) is 1.77. The van der Waals surface area contributed by atoms with E-state index in [-0.39, 0.29) is 0 Å². The zero-order valence-electron chi connectivity index (χ0n) is 9.31. The van der Waals surface area contributed by atoms with Gasteiger partial charge >= 0.3 is 0 Å².